The smallest absolute Gasteiger partial charge is 0.300 e. The van der Waals surface area contributed by atoms with Gasteiger partial charge in [-0.3, -0.25) is 4.68 Å². The fourth-order valence-corrected chi connectivity index (χ4v) is 1.73. The van der Waals surface area contributed by atoms with E-state index in [1.165, 1.54) is 11.3 Å². The third kappa shape index (κ3) is 2.04. The minimum absolute atomic E-state index is 0.500. The first-order valence-corrected chi connectivity index (χ1v) is 5.00. The molecule has 0 bridgehead atoms. The second kappa shape index (κ2) is 3.43. The summed E-state index contributed by atoms with van der Waals surface area (Å²) in [6.07, 6.45) is 3.38. The second-order valence-electron chi connectivity index (χ2n) is 2.27. The van der Waals surface area contributed by atoms with Gasteiger partial charge >= 0.3 is 0 Å². The lowest BCUT2D eigenvalue weighted by Gasteiger charge is -1.92. The third-order valence-electron chi connectivity index (χ3n) is 1.27. The van der Waals surface area contributed by atoms with E-state index in [9.17, 15) is 0 Å². The predicted octanol–water partition coefficient (Wildman–Crippen LogP) is 1.83. The normalized spacial score (nSPS) is 10.3. The standard InChI is InChI=1S/C6H5BrN4OS/c1-11-3-4(2-8-11)12-6-10-9-5(7)13-6/h2-3H,1H3. The average Bonchev–Trinajstić information content (AvgIpc) is 2.62. The molecule has 0 unspecified atom stereocenters. The molecule has 2 aromatic rings. The number of halogens is 1. The molecule has 2 rings (SSSR count). The van der Waals surface area contributed by atoms with Crippen molar-refractivity contribution in [3.63, 3.8) is 0 Å². The van der Waals surface area contributed by atoms with Gasteiger partial charge in [0.05, 0.1) is 12.4 Å². The van der Waals surface area contributed by atoms with Crippen LogP contribution in [0.2, 0.25) is 0 Å². The Morgan fingerprint density at radius 3 is 2.92 bits per heavy atom. The Kier molecular flexibility index (Phi) is 2.28. The molecule has 68 valence electrons. The molecule has 2 aromatic heterocycles. The van der Waals surface area contributed by atoms with Crippen LogP contribution in [0.5, 0.6) is 10.9 Å². The van der Waals surface area contributed by atoms with Crippen LogP contribution in [-0.2, 0) is 7.05 Å². The molecule has 2 heterocycles. The van der Waals surface area contributed by atoms with Gasteiger partial charge < -0.3 is 4.74 Å². The summed E-state index contributed by atoms with van der Waals surface area (Å²) in [5.74, 6) is 0.658. The number of ether oxygens (including phenoxy) is 1. The largest absolute Gasteiger partial charge is 0.426 e. The highest BCUT2D eigenvalue weighted by atomic mass is 79.9. The van der Waals surface area contributed by atoms with Gasteiger partial charge in [0.15, 0.2) is 9.67 Å². The van der Waals surface area contributed by atoms with Gasteiger partial charge in [-0.1, -0.05) is 5.10 Å². The quantitative estimate of drug-likeness (QED) is 0.827. The van der Waals surface area contributed by atoms with Crippen molar-refractivity contribution < 1.29 is 4.74 Å². The van der Waals surface area contributed by atoms with E-state index in [0.29, 0.717) is 14.9 Å². The summed E-state index contributed by atoms with van der Waals surface area (Å²) in [6, 6.07) is 0. The van der Waals surface area contributed by atoms with E-state index in [-0.39, 0.29) is 0 Å². The van der Waals surface area contributed by atoms with Crippen molar-refractivity contribution >= 4 is 27.3 Å². The van der Waals surface area contributed by atoms with Gasteiger partial charge in [-0.15, -0.1) is 5.10 Å². The SMILES string of the molecule is Cn1cc(Oc2nnc(Br)s2)cn1. The fraction of sp³-hybridized carbons (Fsp3) is 0.167. The lowest BCUT2D eigenvalue weighted by Crippen LogP contribution is -1.84. The van der Waals surface area contributed by atoms with Crippen molar-refractivity contribution in [2.24, 2.45) is 7.05 Å². The van der Waals surface area contributed by atoms with Crippen LogP contribution in [0.4, 0.5) is 0 Å². The number of aromatic nitrogens is 4. The molecular formula is C6H5BrN4OS. The molecule has 0 amide bonds. The Balaban J connectivity index is 2.14. The van der Waals surface area contributed by atoms with Crippen molar-refractivity contribution in [1.82, 2.24) is 20.0 Å². The van der Waals surface area contributed by atoms with Gasteiger partial charge in [0.25, 0.3) is 5.19 Å². The first kappa shape index (κ1) is 8.64. The Hall–Kier alpha value is -0.950. The molecule has 5 nitrogen and oxygen atoms in total. The number of rotatable bonds is 2. The van der Waals surface area contributed by atoms with E-state index >= 15 is 0 Å². The molecule has 0 aliphatic rings. The average molecular weight is 261 g/mol. The number of aryl methyl sites for hydroxylation is 1. The minimum Gasteiger partial charge on any atom is -0.426 e. The molecule has 0 N–H and O–H groups in total. The van der Waals surface area contributed by atoms with Crippen LogP contribution >= 0.6 is 27.3 Å². The highest BCUT2D eigenvalue weighted by Gasteiger charge is 2.04. The van der Waals surface area contributed by atoms with E-state index in [1.807, 2.05) is 7.05 Å². The summed E-state index contributed by atoms with van der Waals surface area (Å²) in [5.41, 5.74) is 0. The zero-order chi connectivity index (χ0) is 9.26. The molecule has 0 aliphatic heterocycles. The van der Waals surface area contributed by atoms with E-state index in [1.54, 1.807) is 17.1 Å². The molecule has 0 saturated heterocycles. The van der Waals surface area contributed by atoms with Crippen LogP contribution in [-0.4, -0.2) is 20.0 Å². The molecule has 0 radical (unpaired) electrons. The van der Waals surface area contributed by atoms with Crippen molar-refractivity contribution in [2.45, 2.75) is 0 Å². The molecule has 13 heavy (non-hydrogen) atoms. The molecule has 0 aliphatic carbocycles. The molecule has 0 spiro atoms. The number of hydrogen-bond donors (Lipinski definition) is 0. The van der Waals surface area contributed by atoms with Crippen molar-refractivity contribution in [3.05, 3.63) is 16.3 Å². The van der Waals surface area contributed by atoms with E-state index in [2.05, 4.69) is 31.2 Å². The van der Waals surface area contributed by atoms with Gasteiger partial charge in [-0.25, -0.2) is 0 Å². The summed E-state index contributed by atoms with van der Waals surface area (Å²) >= 11 is 4.52. The van der Waals surface area contributed by atoms with Gasteiger partial charge in [-0.05, 0) is 27.3 Å². The lowest BCUT2D eigenvalue weighted by atomic mass is 10.7. The maximum absolute atomic E-state index is 5.35. The Morgan fingerprint density at radius 1 is 1.54 bits per heavy atom. The second-order valence-corrected chi connectivity index (χ2v) is 4.49. The predicted molar refractivity (Wildman–Crippen MR) is 50.9 cm³/mol. The molecule has 0 saturated carbocycles. The fourth-order valence-electron chi connectivity index (χ4n) is 0.787. The van der Waals surface area contributed by atoms with Crippen molar-refractivity contribution in [2.75, 3.05) is 0 Å². The van der Waals surface area contributed by atoms with Gasteiger partial charge in [0.1, 0.15) is 0 Å². The van der Waals surface area contributed by atoms with Gasteiger partial charge in [-0.2, -0.15) is 5.10 Å². The van der Waals surface area contributed by atoms with Gasteiger partial charge in [0.2, 0.25) is 0 Å². The highest BCUT2D eigenvalue weighted by molar-refractivity contribution is 9.11. The summed E-state index contributed by atoms with van der Waals surface area (Å²) in [5, 5.41) is 12.0. The van der Waals surface area contributed by atoms with E-state index in [4.69, 9.17) is 4.74 Å². The Labute approximate surface area is 86.5 Å². The minimum atomic E-state index is 0.500. The maximum Gasteiger partial charge on any atom is 0.300 e. The molecule has 0 atom stereocenters. The van der Waals surface area contributed by atoms with Crippen LogP contribution in [0.1, 0.15) is 0 Å². The Morgan fingerprint density at radius 2 is 2.38 bits per heavy atom. The molecular weight excluding hydrogens is 256 g/mol. The van der Waals surface area contributed by atoms with Crippen LogP contribution in [0.3, 0.4) is 0 Å². The highest BCUT2D eigenvalue weighted by Crippen LogP contribution is 2.26. The molecule has 7 heteroatoms. The van der Waals surface area contributed by atoms with Crippen LogP contribution < -0.4 is 4.74 Å². The molecule has 0 aromatic carbocycles. The first-order valence-electron chi connectivity index (χ1n) is 3.39. The van der Waals surface area contributed by atoms with Crippen LogP contribution in [0.25, 0.3) is 0 Å². The number of hydrogen-bond acceptors (Lipinski definition) is 5. The van der Waals surface area contributed by atoms with Crippen LogP contribution in [0, 0.1) is 0 Å². The summed E-state index contributed by atoms with van der Waals surface area (Å²) in [4.78, 5) is 0. The van der Waals surface area contributed by atoms with Crippen LogP contribution in [0.15, 0.2) is 16.3 Å². The van der Waals surface area contributed by atoms with Crippen molar-refractivity contribution in [1.29, 1.82) is 0 Å². The maximum atomic E-state index is 5.35. The monoisotopic (exact) mass is 260 g/mol. The zero-order valence-electron chi connectivity index (χ0n) is 6.64. The topological polar surface area (TPSA) is 52.8 Å². The third-order valence-corrected chi connectivity index (χ3v) is 2.50. The Bertz CT molecular complexity index is 374. The van der Waals surface area contributed by atoms with Gasteiger partial charge in [0, 0.05) is 7.05 Å². The number of nitrogens with zero attached hydrogens (tertiary/aromatic N) is 4. The molecule has 0 fully saturated rings. The van der Waals surface area contributed by atoms with E-state index in [0.717, 1.165) is 0 Å². The lowest BCUT2D eigenvalue weighted by molar-refractivity contribution is 0.472. The van der Waals surface area contributed by atoms with Crippen molar-refractivity contribution in [3.8, 4) is 10.9 Å². The summed E-state index contributed by atoms with van der Waals surface area (Å²) < 4.78 is 7.71. The summed E-state index contributed by atoms with van der Waals surface area (Å²) in [7, 11) is 1.82. The van der Waals surface area contributed by atoms with E-state index < -0.39 is 0 Å². The zero-order valence-corrected chi connectivity index (χ0v) is 9.04. The first-order chi connectivity index (χ1) is 6.24. The summed E-state index contributed by atoms with van der Waals surface area (Å²) in [6.45, 7) is 0.